The van der Waals surface area contributed by atoms with Crippen molar-refractivity contribution in [3.05, 3.63) is 77.0 Å². The fraction of sp³-hybridized carbons (Fsp3) is 0.400. The molecule has 1 atom stereocenters. The molecule has 0 saturated carbocycles. The monoisotopic (exact) mass is 389 g/mol. The van der Waals surface area contributed by atoms with Crippen LogP contribution < -0.4 is 0 Å². The number of likely N-dealkylation sites (tertiary alicyclic amines) is 1. The van der Waals surface area contributed by atoms with Crippen molar-refractivity contribution in [2.45, 2.75) is 45.8 Å². The van der Waals surface area contributed by atoms with Gasteiger partial charge >= 0.3 is 0 Å². The lowest BCUT2D eigenvalue weighted by molar-refractivity contribution is 0.0577. The number of nitrogens with one attached hydrogen (secondary N) is 1. The van der Waals surface area contributed by atoms with Crippen molar-refractivity contribution in [3.63, 3.8) is 0 Å². The predicted octanol–water partition coefficient (Wildman–Crippen LogP) is 4.51. The topological polar surface area (TPSA) is 52.2 Å². The van der Waals surface area contributed by atoms with Gasteiger partial charge in [-0.05, 0) is 74.9 Å². The number of aromatic amines is 1. The largest absolute Gasteiger partial charge is 0.392 e. The molecule has 3 aromatic rings. The Kier molecular flexibility index (Phi) is 6.12. The highest BCUT2D eigenvalue weighted by Gasteiger charge is 2.26. The summed E-state index contributed by atoms with van der Waals surface area (Å²) in [5.74, 6) is 0.384. The molecular weight excluding hydrogens is 358 g/mol. The van der Waals surface area contributed by atoms with Crippen molar-refractivity contribution in [3.8, 4) is 11.3 Å². The normalized spacial score (nSPS) is 16.8. The second-order valence-electron chi connectivity index (χ2n) is 8.44. The van der Waals surface area contributed by atoms with E-state index in [-0.39, 0.29) is 6.10 Å². The molecule has 0 spiro atoms. The van der Waals surface area contributed by atoms with Crippen LogP contribution in [0.4, 0.5) is 0 Å². The summed E-state index contributed by atoms with van der Waals surface area (Å²) in [7, 11) is 0. The molecule has 4 heteroatoms. The first-order chi connectivity index (χ1) is 14.1. The summed E-state index contributed by atoms with van der Waals surface area (Å²) in [6, 6.07) is 16.9. The third-order valence-electron chi connectivity index (χ3n) is 6.37. The van der Waals surface area contributed by atoms with Crippen molar-refractivity contribution in [1.82, 2.24) is 15.1 Å². The molecule has 1 aliphatic rings. The van der Waals surface area contributed by atoms with Gasteiger partial charge in [0.1, 0.15) is 0 Å². The summed E-state index contributed by atoms with van der Waals surface area (Å²) in [6.45, 7) is 7.24. The van der Waals surface area contributed by atoms with E-state index in [1.165, 1.54) is 27.8 Å². The molecule has 2 heterocycles. The molecule has 29 heavy (non-hydrogen) atoms. The van der Waals surface area contributed by atoms with Crippen molar-refractivity contribution in [2.75, 3.05) is 13.1 Å². The summed E-state index contributed by atoms with van der Waals surface area (Å²) < 4.78 is 0. The number of aliphatic hydroxyl groups excluding tert-OH is 1. The minimum atomic E-state index is -0.250. The van der Waals surface area contributed by atoms with Gasteiger partial charge in [-0.1, -0.05) is 42.5 Å². The number of hydrogen-bond donors (Lipinski definition) is 2. The molecule has 2 N–H and O–H groups in total. The number of aryl methyl sites for hydroxylation is 2. The van der Waals surface area contributed by atoms with Crippen LogP contribution in [0.1, 0.15) is 35.1 Å². The van der Waals surface area contributed by atoms with Gasteiger partial charge in [0.15, 0.2) is 0 Å². The van der Waals surface area contributed by atoms with Gasteiger partial charge in [-0.25, -0.2) is 0 Å². The van der Waals surface area contributed by atoms with Crippen LogP contribution in [0.2, 0.25) is 0 Å². The summed E-state index contributed by atoms with van der Waals surface area (Å²) in [5, 5.41) is 18.2. The van der Waals surface area contributed by atoms with Gasteiger partial charge in [-0.2, -0.15) is 5.10 Å². The third-order valence-corrected chi connectivity index (χ3v) is 6.37. The highest BCUT2D eigenvalue weighted by Crippen LogP contribution is 2.27. The van der Waals surface area contributed by atoms with Gasteiger partial charge in [0.05, 0.1) is 18.0 Å². The van der Waals surface area contributed by atoms with E-state index < -0.39 is 0 Å². The molecule has 4 nitrogen and oxygen atoms in total. The van der Waals surface area contributed by atoms with Crippen LogP contribution in [0.5, 0.6) is 0 Å². The minimum Gasteiger partial charge on any atom is -0.392 e. The van der Waals surface area contributed by atoms with Crippen LogP contribution in [0, 0.1) is 19.8 Å². The Morgan fingerprint density at radius 1 is 1.07 bits per heavy atom. The average molecular weight is 390 g/mol. The molecule has 1 unspecified atom stereocenters. The summed E-state index contributed by atoms with van der Waals surface area (Å²) in [4.78, 5) is 2.49. The van der Waals surface area contributed by atoms with E-state index >= 15 is 0 Å². The third kappa shape index (κ3) is 4.77. The molecular formula is C25H31N3O. The molecule has 152 valence electrons. The van der Waals surface area contributed by atoms with Crippen LogP contribution in [-0.2, 0) is 13.0 Å². The van der Waals surface area contributed by atoms with Crippen molar-refractivity contribution in [2.24, 2.45) is 5.92 Å². The highest BCUT2D eigenvalue weighted by atomic mass is 16.3. The van der Waals surface area contributed by atoms with Gasteiger partial charge in [0, 0.05) is 17.7 Å². The van der Waals surface area contributed by atoms with Crippen molar-refractivity contribution < 1.29 is 5.11 Å². The summed E-state index contributed by atoms with van der Waals surface area (Å²) >= 11 is 0. The Morgan fingerprint density at radius 3 is 2.55 bits per heavy atom. The van der Waals surface area contributed by atoms with Crippen LogP contribution in [0.15, 0.2) is 54.7 Å². The molecule has 0 aliphatic carbocycles. The molecule has 0 bridgehead atoms. The molecule has 0 amide bonds. The Morgan fingerprint density at radius 2 is 1.83 bits per heavy atom. The summed E-state index contributed by atoms with van der Waals surface area (Å²) in [5.41, 5.74) is 7.41. The predicted molar refractivity (Wildman–Crippen MR) is 118 cm³/mol. The Bertz CT molecular complexity index is 926. The zero-order valence-corrected chi connectivity index (χ0v) is 17.4. The maximum atomic E-state index is 10.7. The lowest BCUT2D eigenvalue weighted by Crippen LogP contribution is -2.38. The summed E-state index contributed by atoms with van der Waals surface area (Å²) in [6.07, 6.45) is 4.56. The molecule has 1 fully saturated rings. The van der Waals surface area contributed by atoms with Crippen LogP contribution in [-0.4, -0.2) is 39.4 Å². The Balaban J connectivity index is 1.34. The Labute approximate surface area is 173 Å². The number of piperidine rings is 1. The maximum Gasteiger partial charge on any atom is 0.0695 e. The molecule has 4 rings (SSSR count). The van der Waals surface area contributed by atoms with E-state index in [1.807, 2.05) is 24.4 Å². The molecule has 1 aliphatic heterocycles. The van der Waals surface area contributed by atoms with E-state index in [4.69, 9.17) is 0 Å². The lowest BCUT2D eigenvalue weighted by Gasteiger charge is -2.34. The van der Waals surface area contributed by atoms with Gasteiger partial charge < -0.3 is 5.11 Å². The zero-order chi connectivity index (χ0) is 20.2. The average Bonchev–Trinajstić information content (AvgIpc) is 3.19. The van der Waals surface area contributed by atoms with E-state index in [1.54, 1.807) is 0 Å². The van der Waals surface area contributed by atoms with Gasteiger partial charge in [-0.15, -0.1) is 0 Å². The number of nitrogens with zero attached hydrogens (tertiary/aromatic N) is 2. The number of aliphatic hydroxyl groups is 1. The first-order valence-corrected chi connectivity index (χ1v) is 10.6. The standard InChI is InChI=1S/C25H31N3O/c1-18-8-9-22(14-19(18)2)25-23(16-26-27-25)17-28-12-10-21(11-13-28)24(29)15-20-6-4-3-5-7-20/h3-9,14,16,21,24,29H,10-13,15,17H2,1-2H3,(H,26,27). The van der Waals surface area contributed by atoms with Crippen LogP contribution in [0.3, 0.4) is 0 Å². The van der Waals surface area contributed by atoms with E-state index in [2.05, 4.69) is 59.3 Å². The minimum absolute atomic E-state index is 0.250. The van der Waals surface area contributed by atoms with Gasteiger partial charge in [-0.3, -0.25) is 10.00 Å². The number of benzene rings is 2. The number of rotatable bonds is 6. The molecule has 2 aromatic carbocycles. The molecule has 1 aromatic heterocycles. The number of hydrogen-bond acceptors (Lipinski definition) is 3. The smallest absolute Gasteiger partial charge is 0.0695 e. The number of H-pyrrole nitrogens is 1. The number of aromatic nitrogens is 2. The van der Waals surface area contributed by atoms with Gasteiger partial charge in [0.25, 0.3) is 0 Å². The van der Waals surface area contributed by atoms with E-state index in [0.717, 1.165) is 44.6 Å². The zero-order valence-electron chi connectivity index (χ0n) is 17.4. The fourth-order valence-corrected chi connectivity index (χ4v) is 4.34. The van der Waals surface area contributed by atoms with Crippen molar-refractivity contribution in [1.29, 1.82) is 0 Å². The van der Waals surface area contributed by atoms with E-state index in [9.17, 15) is 5.11 Å². The SMILES string of the molecule is Cc1ccc(-c2[nH]ncc2CN2CCC(C(O)Cc3ccccc3)CC2)cc1C. The molecule has 0 radical (unpaired) electrons. The van der Waals surface area contributed by atoms with Crippen LogP contribution >= 0.6 is 0 Å². The van der Waals surface area contributed by atoms with Crippen LogP contribution in [0.25, 0.3) is 11.3 Å². The Hall–Kier alpha value is -2.43. The molecule has 1 saturated heterocycles. The quantitative estimate of drug-likeness (QED) is 0.652. The van der Waals surface area contributed by atoms with Gasteiger partial charge in [0.2, 0.25) is 0 Å². The first kappa shape index (κ1) is 19.9. The fourth-order valence-electron chi connectivity index (χ4n) is 4.34. The second-order valence-corrected chi connectivity index (χ2v) is 8.44. The lowest BCUT2D eigenvalue weighted by atomic mass is 9.88. The van der Waals surface area contributed by atoms with E-state index in [0.29, 0.717) is 5.92 Å². The first-order valence-electron chi connectivity index (χ1n) is 10.6. The highest BCUT2D eigenvalue weighted by molar-refractivity contribution is 5.64. The maximum absolute atomic E-state index is 10.7. The van der Waals surface area contributed by atoms with Crippen molar-refractivity contribution >= 4 is 0 Å². The second kappa shape index (κ2) is 8.93.